The monoisotopic (exact) mass is 413 g/mol. The minimum absolute atomic E-state index is 0.0619. The van der Waals surface area contributed by atoms with E-state index < -0.39 is 0 Å². The molecule has 1 aliphatic heterocycles. The molecule has 0 spiro atoms. The van der Waals surface area contributed by atoms with Gasteiger partial charge in [-0.15, -0.1) is 10.2 Å². The SMILES string of the molecule is CCC(CC)C(=O)N1CCc2c(c(-c3nnc(-c4ccccc4Cl)o3)nn2C)C1. The number of nitrogens with zero attached hydrogens (tertiary/aromatic N) is 5. The molecule has 0 N–H and O–H groups in total. The molecule has 29 heavy (non-hydrogen) atoms. The molecule has 0 atom stereocenters. The highest BCUT2D eigenvalue weighted by Crippen LogP contribution is 2.33. The fourth-order valence-electron chi connectivity index (χ4n) is 3.91. The van der Waals surface area contributed by atoms with Gasteiger partial charge in [0.25, 0.3) is 5.89 Å². The van der Waals surface area contributed by atoms with Gasteiger partial charge >= 0.3 is 0 Å². The van der Waals surface area contributed by atoms with Crippen molar-refractivity contribution < 1.29 is 9.21 Å². The first-order valence-electron chi connectivity index (χ1n) is 9.95. The van der Waals surface area contributed by atoms with Crippen LogP contribution < -0.4 is 0 Å². The van der Waals surface area contributed by atoms with Crippen LogP contribution in [0.1, 0.15) is 37.9 Å². The average Bonchev–Trinajstić information content (AvgIpc) is 3.34. The van der Waals surface area contributed by atoms with E-state index in [9.17, 15) is 4.79 Å². The zero-order chi connectivity index (χ0) is 20.5. The van der Waals surface area contributed by atoms with Gasteiger partial charge < -0.3 is 9.32 Å². The van der Waals surface area contributed by atoms with Gasteiger partial charge in [0, 0.05) is 43.7 Å². The van der Waals surface area contributed by atoms with Crippen molar-refractivity contribution in [2.24, 2.45) is 13.0 Å². The van der Waals surface area contributed by atoms with E-state index >= 15 is 0 Å². The van der Waals surface area contributed by atoms with Crippen LogP contribution in [-0.4, -0.2) is 37.3 Å². The van der Waals surface area contributed by atoms with E-state index in [1.165, 1.54) is 0 Å². The fourth-order valence-corrected chi connectivity index (χ4v) is 4.13. The lowest BCUT2D eigenvalue weighted by Crippen LogP contribution is -2.39. The number of amides is 1. The summed E-state index contributed by atoms with van der Waals surface area (Å²) in [7, 11) is 1.91. The van der Waals surface area contributed by atoms with Crippen LogP contribution in [0.4, 0.5) is 0 Å². The van der Waals surface area contributed by atoms with E-state index in [2.05, 4.69) is 29.1 Å². The molecule has 0 fully saturated rings. The van der Waals surface area contributed by atoms with Crippen LogP contribution in [0.25, 0.3) is 23.0 Å². The van der Waals surface area contributed by atoms with Crippen molar-refractivity contribution in [1.29, 1.82) is 0 Å². The number of aromatic nitrogens is 4. The Bertz CT molecular complexity index is 1040. The molecular weight excluding hydrogens is 390 g/mol. The number of hydrogen-bond acceptors (Lipinski definition) is 5. The molecule has 3 heterocycles. The molecule has 8 heteroatoms. The Morgan fingerprint density at radius 3 is 2.66 bits per heavy atom. The summed E-state index contributed by atoms with van der Waals surface area (Å²) in [5.74, 6) is 0.962. The first-order chi connectivity index (χ1) is 14.0. The van der Waals surface area contributed by atoms with Gasteiger partial charge in [-0.3, -0.25) is 9.48 Å². The molecule has 4 rings (SSSR count). The fraction of sp³-hybridized carbons (Fsp3) is 0.429. The molecule has 0 bridgehead atoms. The van der Waals surface area contributed by atoms with E-state index in [0.29, 0.717) is 41.2 Å². The lowest BCUT2D eigenvalue weighted by molar-refractivity contribution is -0.136. The van der Waals surface area contributed by atoms with Crippen molar-refractivity contribution in [2.45, 2.75) is 39.7 Å². The van der Waals surface area contributed by atoms with Crippen molar-refractivity contribution in [3.05, 3.63) is 40.5 Å². The van der Waals surface area contributed by atoms with Gasteiger partial charge in [0.05, 0.1) is 10.6 Å². The van der Waals surface area contributed by atoms with E-state index in [4.69, 9.17) is 16.0 Å². The molecule has 1 aliphatic rings. The van der Waals surface area contributed by atoms with Gasteiger partial charge in [0.2, 0.25) is 11.8 Å². The molecule has 0 saturated heterocycles. The maximum Gasteiger partial charge on any atom is 0.268 e. The molecule has 3 aromatic rings. The summed E-state index contributed by atoms with van der Waals surface area (Å²) in [6, 6.07) is 7.34. The molecule has 0 unspecified atom stereocenters. The van der Waals surface area contributed by atoms with Crippen molar-refractivity contribution in [3.63, 3.8) is 0 Å². The Morgan fingerprint density at radius 1 is 1.21 bits per heavy atom. The van der Waals surface area contributed by atoms with Crippen molar-refractivity contribution >= 4 is 17.5 Å². The third-order valence-electron chi connectivity index (χ3n) is 5.62. The molecule has 1 amide bonds. The highest BCUT2D eigenvalue weighted by atomic mass is 35.5. The van der Waals surface area contributed by atoms with Gasteiger partial charge in [-0.1, -0.05) is 37.6 Å². The predicted molar refractivity (Wildman–Crippen MR) is 110 cm³/mol. The van der Waals surface area contributed by atoms with Gasteiger partial charge in [-0.2, -0.15) is 5.10 Å². The van der Waals surface area contributed by atoms with Crippen molar-refractivity contribution in [1.82, 2.24) is 24.9 Å². The van der Waals surface area contributed by atoms with Crippen LogP contribution in [-0.2, 0) is 24.8 Å². The summed E-state index contributed by atoms with van der Waals surface area (Å²) >= 11 is 6.25. The summed E-state index contributed by atoms with van der Waals surface area (Å²) in [6.07, 6.45) is 2.46. The molecule has 2 aromatic heterocycles. The number of benzene rings is 1. The second kappa shape index (κ2) is 7.99. The van der Waals surface area contributed by atoms with Crippen LogP contribution >= 0.6 is 11.6 Å². The molecule has 7 nitrogen and oxygen atoms in total. The minimum Gasteiger partial charge on any atom is -0.414 e. The number of rotatable bonds is 5. The highest BCUT2D eigenvalue weighted by Gasteiger charge is 2.31. The predicted octanol–water partition coefficient (Wildman–Crippen LogP) is 4.11. The number of carbonyl (C=O) groups is 1. The first-order valence-corrected chi connectivity index (χ1v) is 10.3. The largest absolute Gasteiger partial charge is 0.414 e. The number of halogens is 1. The molecule has 0 radical (unpaired) electrons. The third kappa shape index (κ3) is 3.55. The second-order valence-electron chi connectivity index (χ2n) is 7.31. The Labute approximate surface area is 174 Å². The van der Waals surface area contributed by atoms with Crippen molar-refractivity contribution in [2.75, 3.05) is 6.54 Å². The van der Waals surface area contributed by atoms with Crippen LogP contribution in [0.15, 0.2) is 28.7 Å². The number of carbonyl (C=O) groups excluding carboxylic acids is 1. The van der Waals surface area contributed by atoms with Gasteiger partial charge in [0.15, 0.2) is 5.69 Å². The normalized spacial score (nSPS) is 13.8. The van der Waals surface area contributed by atoms with Crippen LogP contribution in [0, 0.1) is 5.92 Å². The van der Waals surface area contributed by atoms with Gasteiger partial charge in [-0.05, 0) is 25.0 Å². The summed E-state index contributed by atoms with van der Waals surface area (Å²) < 4.78 is 7.77. The molecule has 0 aliphatic carbocycles. The standard InChI is InChI=1S/C21H24ClN5O2/c1-4-13(5-2)21(28)27-11-10-17-15(12-27)18(25-26(17)3)20-24-23-19(29-20)14-8-6-7-9-16(14)22/h6-9,13H,4-5,10-12H2,1-3H3. The van der Waals surface area contributed by atoms with Gasteiger partial charge in [0.1, 0.15) is 0 Å². The average molecular weight is 414 g/mol. The Morgan fingerprint density at radius 2 is 1.93 bits per heavy atom. The van der Waals surface area contributed by atoms with Crippen LogP contribution in [0.3, 0.4) is 0 Å². The van der Waals surface area contributed by atoms with E-state index in [-0.39, 0.29) is 11.8 Å². The molecular formula is C21H24ClN5O2. The van der Waals surface area contributed by atoms with Gasteiger partial charge in [-0.25, -0.2) is 0 Å². The molecule has 1 aromatic carbocycles. The summed E-state index contributed by atoms with van der Waals surface area (Å²) in [4.78, 5) is 14.8. The van der Waals surface area contributed by atoms with Crippen LogP contribution in [0.5, 0.6) is 0 Å². The Balaban J connectivity index is 1.67. The minimum atomic E-state index is 0.0619. The maximum atomic E-state index is 12.9. The molecule has 0 saturated carbocycles. The topological polar surface area (TPSA) is 77.1 Å². The van der Waals surface area contributed by atoms with Crippen molar-refractivity contribution in [3.8, 4) is 23.0 Å². The number of hydrogen-bond donors (Lipinski definition) is 0. The zero-order valence-electron chi connectivity index (χ0n) is 16.9. The second-order valence-corrected chi connectivity index (χ2v) is 7.72. The Kier molecular flexibility index (Phi) is 5.41. The quantitative estimate of drug-likeness (QED) is 0.629. The summed E-state index contributed by atoms with van der Waals surface area (Å²) in [5.41, 5.74) is 3.40. The highest BCUT2D eigenvalue weighted by molar-refractivity contribution is 6.33. The number of fused-ring (bicyclic) bond motifs is 1. The molecule has 152 valence electrons. The van der Waals surface area contributed by atoms with Crippen LogP contribution in [0.2, 0.25) is 5.02 Å². The lowest BCUT2D eigenvalue weighted by atomic mass is 9.98. The smallest absolute Gasteiger partial charge is 0.268 e. The third-order valence-corrected chi connectivity index (χ3v) is 5.95. The van der Waals surface area contributed by atoms with E-state index in [1.54, 1.807) is 6.07 Å². The lowest BCUT2D eigenvalue weighted by Gasteiger charge is -2.30. The van der Waals surface area contributed by atoms with E-state index in [1.807, 2.05) is 34.8 Å². The maximum absolute atomic E-state index is 12.9. The summed E-state index contributed by atoms with van der Waals surface area (Å²) in [6.45, 7) is 5.34. The van der Waals surface area contributed by atoms with E-state index in [0.717, 1.165) is 30.5 Å². The summed E-state index contributed by atoms with van der Waals surface area (Å²) in [5, 5.41) is 13.5. The first kappa shape index (κ1) is 19.6. The Hall–Kier alpha value is -2.67. The number of aryl methyl sites for hydroxylation is 1. The zero-order valence-corrected chi connectivity index (χ0v) is 17.6.